The number of H-pyrrole nitrogens is 1. The predicted octanol–water partition coefficient (Wildman–Crippen LogP) is 4.99. The second-order valence-electron chi connectivity index (χ2n) is 8.12. The normalized spacial score (nSPS) is 11.7. The van der Waals surface area contributed by atoms with E-state index in [4.69, 9.17) is 9.47 Å². The van der Waals surface area contributed by atoms with E-state index in [2.05, 4.69) is 41.2 Å². The monoisotopic (exact) mass is 536 g/mol. The number of aromatic nitrogens is 4. The summed E-state index contributed by atoms with van der Waals surface area (Å²) in [4.78, 5) is 0.978. The molecule has 0 aliphatic carbocycles. The smallest absolute Gasteiger partial charge is 0.497 e. The number of anilines is 1. The second-order valence-corrected chi connectivity index (χ2v) is 8.91. The van der Waals surface area contributed by atoms with Gasteiger partial charge in [-0.25, -0.2) is 0 Å². The zero-order valence-corrected chi connectivity index (χ0v) is 20.9. The van der Waals surface area contributed by atoms with Gasteiger partial charge in [0.1, 0.15) is 11.5 Å². The lowest BCUT2D eigenvalue weighted by Gasteiger charge is -2.13. The summed E-state index contributed by atoms with van der Waals surface area (Å²) in [5, 5.41) is 18.7. The minimum absolute atomic E-state index is 0.300. The number of ether oxygens (including phenoxy) is 3. The van der Waals surface area contributed by atoms with Crippen LogP contribution in [-0.4, -0.2) is 59.6 Å². The highest BCUT2D eigenvalue weighted by molar-refractivity contribution is 7.09. The Balaban J connectivity index is 1.13. The second kappa shape index (κ2) is 12.7. The van der Waals surface area contributed by atoms with Gasteiger partial charge in [-0.15, -0.1) is 18.3 Å². The van der Waals surface area contributed by atoms with E-state index in [9.17, 15) is 13.2 Å². The van der Waals surface area contributed by atoms with Crippen molar-refractivity contribution in [3.05, 3.63) is 48.3 Å². The number of nitrogens with one attached hydrogen (secondary N) is 3. The first-order chi connectivity index (χ1) is 17.9. The number of alkyl halides is 3. The van der Waals surface area contributed by atoms with Crippen LogP contribution in [0.1, 0.15) is 18.4 Å². The van der Waals surface area contributed by atoms with E-state index in [1.54, 1.807) is 18.5 Å². The number of rotatable bonds is 14. The van der Waals surface area contributed by atoms with Gasteiger partial charge in [0, 0.05) is 36.8 Å². The molecule has 2 aromatic heterocycles. The van der Waals surface area contributed by atoms with E-state index in [0.717, 1.165) is 39.9 Å². The summed E-state index contributed by atoms with van der Waals surface area (Å²) in [6.07, 6.45) is 0.495. The quantitative estimate of drug-likeness (QED) is 0.194. The third kappa shape index (κ3) is 8.03. The summed E-state index contributed by atoms with van der Waals surface area (Å²) in [5.41, 5.74) is 3.55. The molecule has 0 atom stereocenters. The highest BCUT2D eigenvalue weighted by Crippen LogP contribution is 2.31. The average molecular weight is 537 g/mol. The lowest BCUT2D eigenvalue weighted by molar-refractivity contribution is -0.274. The lowest BCUT2D eigenvalue weighted by atomic mass is 10.1. The fourth-order valence-electron chi connectivity index (χ4n) is 3.72. The van der Waals surface area contributed by atoms with Crippen LogP contribution in [0.2, 0.25) is 0 Å². The standard InChI is InChI=1S/C24H27F3N6O3S/c1-34-18-8-16(9-19(12-18)36-24(25,26)27)13-28-4-2-3-6-35-7-5-29-21-10-17(23-15-31-33-37-23)11-22-20(21)14-30-32-22/h8-12,14-15,28-29H,2-7,13H2,1H3,(H,30,32). The van der Waals surface area contributed by atoms with Crippen LogP contribution in [0.5, 0.6) is 11.5 Å². The number of hydrogen-bond acceptors (Lipinski definition) is 9. The summed E-state index contributed by atoms with van der Waals surface area (Å²) in [5.74, 6) is 0.00718. The van der Waals surface area contributed by atoms with E-state index in [1.165, 1.54) is 30.8 Å². The van der Waals surface area contributed by atoms with Crippen LogP contribution in [0.25, 0.3) is 21.3 Å². The highest BCUT2D eigenvalue weighted by atomic mass is 32.1. The molecular formula is C24H27F3N6O3S. The number of methoxy groups -OCH3 is 1. The molecule has 4 aromatic rings. The van der Waals surface area contributed by atoms with Crippen molar-refractivity contribution in [2.45, 2.75) is 25.7 Å². The third-order valence-electron chi connectivity index (χ3n) is 5.40. The molecule has 0 unspecified atom stereocenters. The van der Waals surface area contributed by atoms with Gasteiger partial charge >= 0.3 is 6.36 Å². The van der Waals surface area contributed by atoms with Crippen molar-refractivity contribution >= 4 is 28.1 Å². The maximum atomic E-state index is 12.5. The van der Waals surface area contributed by atoms with Gasteiger partial charge in [0.2, 0.25) is 0 Å². The fraction of sp³-hybridized carbons (Fsp3) is 0.375. The molecule has 0 aliphatic rings. The minimum atomic E-state index is -4.75. The van der Waals surface area contributed by atoms with Crippen LogP contribution >= 0.6 is 11.5 Å². The number of aromatic amines is 1. The van der Waals surface area contributed by atoms with Crippen molar-refractivity contribution in [1.82, 2.24) is 25.1 Å². The summed E-state index contributed by atoms with van der Waals surface area (Å²) >= 11 is 1.34. The maximum Gasteiger partial charge on any atom is 0.573 e. The lowest BCUT2D eigenvalue weighted by Crippen LogP contribution is -2.18. The first-order valence-corrected chi connectivity index (χ1v) is 12.4. The van der Waals surface area contributed by atoms with Gasteiger partial charge in [-0.1, -0.05) is 4.49 Å². The Hall–Kier alpha value is -3.42. The molecule has 37 heavy (non-hydrogen) atoms. The fourth-order valence-corrected chi connectivity index (χ4v) is 4.22. The SMILES string of the molecule is COc1cc(CNCCCCOCCNc2cc(-c3cnns3)cc3[nH]ncc23)cc(OC(F)(F)F)c1. The molecule has 0 spiro atoms. The molecule has 0 fully saturated rings. The first kappa shape index (κ1) is 26.6. The Labute approximate surface area is 215 Å². The van der Waals surface area contributed by atoms with Crippen molar-refractivity contribution < 1.29 is 27.4 Å². The number of unbranched alkanes of at least 4 members (excludes halogenated alkanes) is 1. The predicted molar refractivity (Wildman–Crippen MR) is 135 cm³/mol. The molecule has 0 saturated carbocycles. The van der Waals surface area contributed by atoms with Crippen molar-refractivity contribution in [1.29, 1.82) is 0 Å². The topological polar surface area (TPSA) is 106 Å². The van der Waals surface area contributed by atoms with Crippen molar-refractivity contribution in [3.63, 3.8) is 0 Å². The summed E-state index contributed by atoms with van der Waals surface area (Å²) in [7, 11) is 1.40. The molecule has 0 aliphatic heterocycles. The van der Waals surface area contributed by atoms with Gasteiger partial charge in [0.25, 0.3) is 0 Å². The maximum absolute atomic E-state index is 12.5. The van der Waals surface area contributed by atoms with E-state index < -0.39 is 6.36 Å². The molecule has 0 amide bonds. The third-order valence-corrected chi connectivity index (χ3v) is 6.11. The number of halogens is 3. The van der Waals surface area contributed by atoms with Gasteiger partial charge in [-0.2, -0.15) is 5.10 Å². The number of fused-ring (bicyclic) bond motifs is 1. The molecule has 9 nitrogen and oxygen atoms in total. The van der Waals surface area contributed by atoms with E-state index >= 15 is 0 Å². The van der Waals surface area contributed by atoms with Gasteiger partial charge in [-0.3, -0.25) is 5.10 Å². The molecule has 0 saturated heterocycles. The molecule has 2 aromatic carbocycles. The van der Waals surface area contributed by atoms with Gasteiger partial charge in [0.05, 0.1) is 36.5 Å². The van der Waals surface area contributed by atoms with Crippen LogP contribution in [0, 0.1) is 0 Å². The minimum Gasteiger partial charge on any atom is -0.497 e. The Morgan fingerprint density at radius 3 is 2.65 bits per heavy atom. The van der Waals surface area contributed by atoms with Crippen LogP contribution in [0.4, 0.5) is 18.9 Å². The molecule has 0 radical (unpaired) electrons. The summed E-state index contributed by atoms with van der Waals surface area (Å²) in [6.45, 7) is 2.90. The van der Waals surface area contributed by atoms with E-state index in [0.29, 0.717) is 44.2 Å². The Bertz CT molecular complexity index is 1270. The van der Waals surface area contributed by atoms with Gasteiger partial charge in [0.15, 0.2) is 0 Å². The molecule has 0 bridgehead atoms. The van der Waals surface area contributed by atoms with E-state index in [1.807, 2.05) is 6.07 Å². The Morgan fingerprint density at radius 1 is 1.00 bits per heavy atom. The molecular weight excluding hydrogens is 509 g/mol. The van der Waals surface area contributed by atoms with Crippen LogP contribution in [0.3, 0.4) is 0 Å². The molecule has 13 heteroatoms. The summed E-state index contributed by atoms with van der Waals surface area (Å²) < 4.78 is 56.3. The van der Waals surface area contributed by atoms with Crippen LogP contribution in [0.15, 0.2) is 42.7 Å². The Kier molecular flexibility index (Phi) is 9.14. The number of nitrogens with zero attached hydrogens (tertiary/aromatic N) is 3. The number of hydrogen-bond donors (Lipinski definition) is 3. The van der Waals surface area contributed by atoms with Crippen LogP contribution < -0.4 is 20.1 Å². The Morgan fingerprint density at radius 2 is 1.86 bits per heavy atom. The molecule has 2 heterocycles. The van der Waals surface area contributed by atoms with Gasteiger partial charge < -0.3 is 24.8 Å². The van der Waals surface area contributed by atoms with Crippen molar-refractivity contribution in [2.24, 2.45) is 0 Å². The molecule has 4 rings (SSSR count). The van der Waals surface area contributed by atoms with Crippen molar-refractivity contribution in [2.75, 3.05) is 38.7 Å². The zero-order chi connectivity index (χ0) is 26.1. The van der Waals surface area contributed by atoms with Crippen LogP contribution in [-0.2, 0) is 11.3 Å². The van der Waals surface area contributed by atoms with E-state index in [-0.39, 0.29) is 5.75 Å². The number of benzene rings is 2. The highest BCUT2D eigenvalue weighted by Gasteiger charge is 2.31. The molecule has 3 N–H and O–H groups in total. The summed E-state index contributed by atoms with van der Waals surface area (Å²) in [6, 6.07) is 8.31. The van der Waals surface area contributed by atoms with Crippen molar-refractivity contribution in [3.8, 4) is 21.9 Å². The largest absolute Gasteiger partial charge is 0.573 e. The zero-order valence-electron chi connectivity index (χ0n) is 20.1. The molecule has 198 valence electrons. The first-order valence-electron chi connectivity index (χ1n) is 11.6. The average Bonchev–Trinajstić information content (AvgIpc) is 3.56. The van der Waals surface area contributed by atoms with Gasteiger partial charge in [-0.05, 0) is 66.3 Å².